The Hall–Kier alpha value is -0.570. The fraction of sp³-hybridized carbons (Fsp3) is 0.900. The van der Waals surface area contributed by atoms with Gasteiger partial charge in [-0.05, 0) is 25.3 Å². The fourth-order valence-electron chi connectivity index (χ4n) is 1.79. The molecule has 3 heteroatoms. The summed E-state index contributed by atoms with van der Waals surface area (Å²) in [6, 6.07) is 0. The molecule has 0 aromatic carbocycles. The Bertz CT molecular complexity index is 170. The number of nitrogens with zero attached hydrogens (tertiary/aromatic N) is 1. The predicted octanol–water partition coefficient (Wildman–Crippen LogP) is 0.984. The number of unbranched alkanes of at least 4 members (excludes halogenated alkanes) is 1. The summed E-state index contributed by atoms with van der Waals surface area (Å²) in [6.07, 6.45) is 3.97. The molecule has 76 valence electrons. The molecule has 1 fully saturated rings. The Labute approximate surface area is 80.3 Å². The van der Waals surface area contributed by atoms with E-state index in [-0.39, 0.29) is 0 Å². The van der Waals surface area contributed by atoms with Crippen molar-refractivity contribution in [2.75, 3.05) is 19.6 Å². The van der Waals surface area contributed by atoms with E-state index in [2.05, 4.69) is 6.92 Å². The molecule has 1 unspecified atom stereocenters. The highest BCUT2D eigenvalue weighted by Gasteiger charge is 2.27. The molecule has 0 aliphatic carbocycles. The van der Waals surface area contributed by atoms with Crippen LogP contribution in [0.2, 0.25) is 0 Å². The molecule has 0 aromatic heterocycles. The number of carbonyl (C=O) groups is 1. The maximum absolute atomic E-state index is 11.4. The second-order valence-electron chi connectivity index (χ2n) is 3.81. The second-order valence-corrected chi connectivity index (χ2v) is 3.81. The molecule has 0 saturated carbocycles. The lowest BCUT2D eigenvalue weighted by Gasteiger charge is -2.15. The van der Waals surface area contributed by atoms with Crippen LogP contribution < -0.4 is 5.73 Å². The second kappa shape index (κ2) is 5.22. The summed E-state index contributed by atoms with van der Waals surface area (Å²) in [5.41, 5.74) is 5.40. The molecule has 1 atom stereocenters. The average Bonchev–Trinajstić information content (AvgIpc) is 2.48. The van der Waals surface area contributed by atoms with Crippen molar-refractivity contribution >= 4 is 5.91 Å². The minimum absolute atomic E-state index is 0.337. The first kappa shape index (κ1) is 10.5. The van der Waals surface area contributed by atoms with Crippen molar-refractivity contribution in [1.82, 2.24) is 4.90 Å². The molecule has 0 radical (unpaired) electrons. The zero-order valence-corrected chi connectivity index (χ0v) is 8.46. The van der Waals surface area contributed by atoms with Crippen LogP contribution in [0, 0.1) is 5.92 Å². The lowest BCUT2D eigenvalue weighted by molar-refractivity contribution is -0.127. The van der Waals surface area contributed by atoms with Gasteiger partial charge in [0.25, 0.3) is 0 Å². The van der Waals surface area contributed by atoms with Gasteiger partial charge in [0.15, 0.2) is 0 Å². The molecular formula is C10H20N2O. The standard InChI is InChI=1S/C10H20N2O/c1-2-9-7-10(13)12(8-9)6-4-3-5-11/h9H,2-8,11H2,1H3. The van der Waals surface area contributed by atoms with E-state index >= 15 is 0 Å². The molecule has 0 spiro atoms. The van der Waals surface area contributed by atoms with Gasteiger partial charge in [-0.2, -0.15) is 0 Å². The summed E-state index contributed by atoms with van der Waals surface area (Å²) < 4.78 is 0. The lowest BCUT2D eigenvalue weighted by Crippen LogP contribution is -2.26. The quantitative estimate of drug-likeness (QED) is 0.647. The van der Waals surface area contributed by atoms with E-state index in [9.17, 15) is 4.79 Å². The summed E-state index contributed by atoms with van der Waals surface area (Å²) in [6.45, 7) is 4.77. The molecule has 1 saturated heterocycles. The number of amides is 1. The molecule has 1 heterocycles. The van der Waals surface area contributed by atoms with Crippen LogP contribution in [0.1, 0.15) is 32.6 Å². The average molecular weight is 184 g/mol. The summed E-state index contributed by atoms with van der Waals surface area (Å²) in [4.78, 5) is 13.4. The summed E-state index contributed by atoms with van der Waals surface area (Å²) >= 11 is 0. The van der Waals surface area contributed by atoms with Crippen molar-refractivity contribution in [1.29, 1.82) is 0 Å². The fourth-order valence-corrected chi connectivity index (χ4v) is 1.79. The molecule has 1 aliphatic heterocycles. The van der Waals surface area contributed by atoms with Crippen LogP contribution in [0.4, 0.5) is 0 Å². The van der Waals surface area contributed by atoms with Crippen molar-refractivity contribution in [3.05, 3.63) is 0 Å². The van der Waals surface area contributed by atoms with Gasteiger partial charge < -0.3 is 10.6 Å². The van der Waals surface area contributed by atoms with Crippen LogP contribution in [0.3, 0.4) is 0 Å². The predicted molar refractivity (Wildman–Crippen MR) is 53.3 cm³/mol. The van der Waals surface area contributed by atoms with E-state index in [0.717, 1.165) is 45.3 Å². The van der Waals surface area contributed by atoms with Crippen molar-refractivity contribution < 1.29 is 4.79 Å². The molecule has 1 aliphatic rings. The maximum atomic E-state index is 11.4. The highest BCUT2D eigenvalue weighted by Crippen LogP contribution is 2.20. The van der Waals surface area contributed by atoms with Crippen LogP contribution in [0.25, 0.3) is 0 Å². The van der Waals surface area contributed by atoms with Crippen molar-refractivity contribution in [2.45, 2.75) is 32.6 Å². The van der Waals surface area contributed by atoms with Gasteiger partial charge in [-0.15, -0.1) is 0 Å². The number of carbonyl (C=O) groups excluding carboxylic acids is 1. The van der Waals surface area contributed by atoms with Gasteiger partial charge in [-0.1, -0.05) is 13.3 Å². The molecule has 3 nitrogen and oxygen atoms in total. The summed E-state index contributed by atoms with van der Waals surface area (Å²) in [5, 5.41) is 0. The molecule has 0 bridgehead atoms. The topological polar surface area (TPSA) is 46.3 Å². The third-order valence-electron chi connectivity index (χ3n) is 2.75. The van der Waals surface area contributed by atoms with E-state index in [0.29, 0.717) is 11.8 Å². The molecule has 1 rings (SSSR count). The lowest BCUT2D eigenvalue weighted by atomic mass is 10.1. The Morgan fingerprint density at radius 1 is 1.54 bits per heavy atom. The van der Waals surface area contributed by atoms with E-state index in [1.165, 1.54) is 0 Å². The van der Waals surface area contributed by atoms with Gasteiger partial charge in [-0.25, -0.2) is 0 Å². The zero-order chi connectivity index (χ0) is 9.68. The highest BCUT2D eigenvalue weighted by atomic mass is 16.2. The summed E-state index contributed by atoms with van der Waals surface area (Å²) in [7, 11) is 0. The first-order valence-corrected chi connectivity index (χ1v) is 5.25. The molecule has 13 heavy (non-hydrogen) atoms. The van der Waals surface area contributed by atoms with Gasteiger partial charge in [0.2, 0.25) is 5.91 Å². The van der Waals surface area contributed by atoms with Crippen LogP contribution >= 0.6 is 0 Å². The van der Waals surface area contributed by atoms with Gasteiger partial charge in [0.1, 0.15) is 0 Å². The SMILES string of the molecule is CCC1CC(=O)N(CCCCN)C1. The van der Waals surface area contributed by atoms with Crippen LogP contribution in [0.5, 0.6) is 0 Å². The Kier molecular flexibility index (Phi) is 4.22. The van der Waals surface area contributed by atoms with Gasteiger partial charge in [-0.3, -0.25) is 4.79 Å². The smallest absolute Gasteiger partial charge is 0.222 e. The third kappa shape index (κ3) is 2.99. The Balaban J connectivity index is 2.23. The number of hydrogen-bond acceptors (Lipinski definition) is 2. The Morgan fingerprint density at radius 3 is 2.85 bits per heavy atom. The molecule has 0 aromatic rings. The van der Waals surface area contributed by atoms with Crippen LogP contribution in [-0.2, 0) is 4.79 Å². The minimum atomic E-state index is 0.337. The monoisotopic (exact) mass is 184 g/mol. The van der Waals surface area contributed by atoms with E-state index in [1.807, 2.05) is 4.90 Å². The largest absolute Gasteiger partial charge is 0.342 e. The minimum Gasteiger partial charge on any atom is -0.342 e. The number of likely N-dealkylation sites (tertiary alicyclic amines) is 1. The Morgan fingerprint density at radius 2 is 2.31 bits per heavy atom. The first-order chi connectivity index (χ1) is 6.27. The molecule has 1 amide bonds. The van der Waals surface area contributed by atoms with E-state index < -0.39 is 0 Å². The zero-order valence-electron chi connectivity index (χ0n) is 8.46. The summed E-state index contributed by atoms with van der Waals surface area (Å²) in [5.74, 6) is 0.939. The third-order valence-corrected chi connectivity index (χ3v) is 2.75. The van der Waals surface area contributed by atoms with Crippen LogP contribution in [-0.4, -0.2) is 30.4 Å². The highest BCUT2D eigenvalue weighted by molar-refractivity contribution is 5.78. The van der Waals surface area contributed by atoms with E-state index in [1.54, 1.807) is 0 Å². The van der Waals surface area contributed by atoms with Gasteiger partial charge >= 0.3 is 0 Å². The first-order valence-electron chi connectivity index (χ1n) is 5.25. The molecular weight excluding hydrogens is 164 g/mol. The maximum Gasteiger partial charge on any atom is 0.222 e. The number of rotatable bonds is 5. The van der Waals surface area contributed by atoms with Crippen molar-refractivity contribution in [3.8, 4) is 0 Å². The normalized spacial score (nSPS) is 22.8. The van der Waals surface area contributed by atoms with Crippen molar-refractivity contribution in [2.24, 2.45) is 11.7 Å². The van der Waals surface area contributed by atoms with Gasteiger partial charge in [0, 0.05) is 19.5 Å². The number of nitrogens with two attached hydrogens (primary N) is 1. The van der Waals surface area contributed by atoms with Crippen molar-refractivity contribution in [3.63, 3.8) is 0 Å². The number of hydrogen-bond donors (Lipinski definition) is 1. The van der Waals surface area contributed by atoms with E-state index in [4.69, 9.17) is 5.73 Å². The molecule has 2 N–H and O–H groups in total. The van der Waals surface area contributed by atoms with Crippen LogP contribution in [0.15, 0.2) is 0 Å². The van der Waals surface area contributed by atoms with Gasteiger partial charge in [0.05, 0.1) is 0 Å².